The molecule has 4 heteroatoms. The van der Waals surface area contributed by atoms with Crippen LogP contribution in [0, 0.1) is 5.92 Å². The van der Waals surface area contributed by atoms with Crippen LogP contribution in [-0.2, 0) is 9.53 Å². The van der Waals surface area contributed by atoms with Crippen LogP contribution in [0.1, 0.15) is 20.3 Å². The standard InChI is InChI=1S/C9H15NO2S/c1-3-12-9(11)7-4-6(2)5-13-8(7)10/h6H,3-5,10H2,1-2H3/t6-/m0/s1. The Morgan fingerprint density at radius 3 is 3.08 bits per heavy atom. The smallest absolute Gasteiger partial charge is 0.336 e. The molecule has 0 amide bonds. The van der Waals surface area contributed by atoms with Crippen molar-refractivity contribution in [3.63, 3.8) is 0 Å². The molecule has 1 aliphatic rings. The van der Waals surface area contributed by atoms with Gasteiger partial charge in [-0.25, -0.2) is 4.79 Å². The van der Waals surface area contributed by atoms with Gasteiger partial charge in [0.2, 0.25) is 0 Å². The second-order valence-electron chi connectivity index (χ2n) is 3.18. The summed E-state index contributed by atoms with van der Waals surface area (Å²) in [5.41, 5.74) is 6.37. The zero-order valence-electron chi connectivity index (χ0n) is 8.00. The average Bonchev–Trinajstić information content (AvgIpc) is 2.09. The van der Waals surface area contributed by atoms with Crippen molar-refractivity contribution >= 4 is 17.7 Å². The zero-order valence-corrected chi connectivity index (χ0v) is 8.82. The molecule has 0 aliphatic carbocycles. The average molecular weight is 201 g/mol. The molecule has 0 radical (unpaired) electrons. The van der Waals surface area contributed by atoms with E-state index in [1.165, 1.54) is 0 Å². The molecule has 0 aromatic carbocycles. The molecule has 1 rings (SSSR count). The first kappa shape index (κ1) is 10.4. The molecule has 0 saturated carbocycles. The Labute approximate surface area is 82.7 Å². The fourth-order valence-corrected chi connectivity index (χ4v) is 2.15. The minimum atomic E-state index is -0.251. The second-order valence-corrected chi connectivity index (χ2v) is 4.25. The number of ether oxygens (including phenoxy) is 1. The summed E-state index contributed by atoms with van der Waals surface area (Å²) in [4.78, 5) is 11.4. The Bertz CT molecular complexity index is 238. The molecule has 13 heavy (non-hydrogen) atoms. The fraction of sp³-hybridized carbons (Fsp3) is 0.667. The molecular weight excluding hydrogens is 186 g/mol. The van der Waals surface area contributed by atoms with Gasteiger partial charge < -0.3 is 10.5 Å². The summed E-state index contributed by atoms with van der Waals surface area (Å²) in [5, 5.41) is 0.636. The highest BCUT2D eigenvalue weighted by molar-refractivity contribution is 8.03. The summed E-state index contributed by atoms with van der Waals surface area (Å²) in [6.45, 7) is 4.32. The molecule has 74 valence electrons. The molecule has 1 heterocycles. The quantitative estimate of drug-likeness (QED) is 0.688. The molecule has 0 aromatic rings. The van der Waals surface area contributed by atoms with Gasteiger partial charge in [-0.1, -0.05) is 6.92 Å². The van der Waals surface area contributed by atoms with E-state index >= 15 is 0 Å². The van der Waals surface area contributed by atoms with Gasteiger partial charge in [-0.15, -0.1) is 11.8 Å². The van der Waals surface area contributed by atoms with Crippen molar-refractivity contribution in [1.29, 1.82) is 0 Å². The molecule has 0 aromatic heterocycles. The van der Waals surface area contributed by atoms with Crippen LogP contribution in [0.5, 0.6) is 0 Å². The number of carbonyl (C=O) groups excluding carboxylic acids is 1. The summed E-state index contributed by atoms with van der Waals surface area (Å²) in [7, 11) is 0. The van der Waals surface area contributed by atoms with E-state index in [9.17, 15) is 4.79 Å². The summed E-state index contributed by atoms with van der Waals surface area (Å²) < 4.78 is 4.91. The largest absolute Gasteiger partial charge is 0.463 e. The molecular formula is C9H15NO2S. The summed E-state index contributed by atoms with van der Waals surface area (Å²) in [6, 6.07) is 0. The topological polar surface area (TPSA) is 52.3 Å². The van der Waals surface area contributed by atoms with E-state index in [1.54, 1.807) is 18.7 Å². The number of hydrogen-bond acceptors (Lipinski definition) is 4. The van der Waals surface area contributed by atoms with Crippen LogP contribution in [0.25, 0.3) is 0 Å². The minimum absolute atomic E-state index is 0.251. The van der Waals surface area contributed by atoms with Crippen LogP contribution in [-0.4, -0.2) is 18.3 Å². The van der Waals surface area contributed by atoms with E-state index in [-0.39, 0.29) is 5.97 Å². The third-order valence-corrected chi connectivity index (χ3v) is 3.19. The molecule has 0 spiro atoms. The SMILES string of the molecule is CCOC(=O)C1=C(N)SC[C@@H](C)C1. The summed E-state index contributed by atoms with van der Waals surface area (Å²) in [5.74, 6) is 1.25. The van der Waals surface area contributed by atoms with E-state index in [1.807, 2.05) is 0 Å². The highest BCUT2D eigenvalue weighted by Crippen LogP contribution is 2.30. The normalized spacial score (nSPS) is 23.1. The first-order valence-corrected chi connectivity index (χ1v) is 5.42. The molecule has 0 bridgehead atoms. The third kappa shape index (κ3) is 2.66. The van der Waals surface area contributed by atoms with Crippen molar-refractivity contribution < 1.29 is 9.53 Å². The van der Waals surface area contributed by atoms with Crippen molar-refractivity contribution in [1.82, 2.24) is 0 Å². The second kappa shape index (κ2) is 4.56. The first-order chi connectivity index (χ1) is 6.15. The van der Waals surface area contributed by atoms with Gasteiger partial charge in [-0.05, 0) is 19.3 Å². The van der Waals surface area contributed by atoms with Gasteiger partial charge in [0.05, 0.1) is 17.2 Å². The van der Waals surface area contributed by atoms with E-state index in [0.717, 1.165) is 12.2 Å². The van der Waals surface area contributed by atoms with Gasteiger partial charge in [0.15, 0.2) is 0 Å². The maximum absolute atomic E-state index is 11.4. The van der Waals surface area contributed by atoms with Crippen LogP contribution in [0.4, 0.5) is 0 Å². The molecule has 1 atom stereocenters. The van der Waals surface area contributed by atoms with Crippen LogP contribution < -0.4 is 5.73 Å². The van der Waals surface area contributed by atoms with Crippen molar-refractivity contribution in [2.24, 2.45) is 11.7 Å². The Hall–Kier alpha value is -0.640. The summed E-state index contributed by atoms with van der Waals surface area (Å²) in [6.07, 6.45) is 0.748. The molecule has 3 nitrogen and oxygen atoms in total. The minimum Gasteiger partial charge on any atom is -0.463 e. The van der Waals surface area contributed by atoms with Crippen molar-refractivity contribution in [3.8, 4) is 0 Å². The van der Waals surface area contributed by atoms with Gasteiger partial charge in [-0.3, -0.25) is 0 Å². The van der Waals surface area contributed by atoms with Gasteiger partial charge in [-0.2, -0.15) is 0 Å². The number of hydrogen-bond donors (Lipinski definition) is 1. The predicted octanol–water partition coefficient (Wildman–Crippen LogP) is 1.49. The first-order valence-electron chi connectivity index (χ1n) is 4.43. The van der Waals surface area contributed by atoms with Gasteiger partial charge in [0.25, 0.3) is 0 Å². The van der Waals surface area contributed by atoms with Crippen LogP contribution in [0.15, 0.2) is 10.6 Å². The number of rotatable bonds is 2. The molecule has 0 fully saturated rings. The van der Waals surface area contributed by atoms with Gasteiger partial charge in [0, 0.05) is 5.75 Å². The van der Waals surface area contributed by atoms with E-state index in [4.69, 9.17) is 10.5 Å². The Morgan fingerprint density at radius 1 is 1.77 bits per heavy atom. The van der Waals surface area contributed by atoms with E-state index in [0.29, 0.717) is 23.1 Å². The number of nitrogens with two attached hydrogens (primary N) is 1. The lowest BCUT2D eigenvalue weighted by molar-refractivity contribution is -0.138. The number of carbonyl (C=O) groups is 1. The Kier molecular flexibility index (Phi) is 3.66. The molecule has 1 aliphatic heterocycles. The third-order valence-electron chi connectivity index (χ3n) is 1.90. The number of esters is 1. The molecule has 2 N–H and O–H groups in total. The fourth-order valence-electron chi connectivity index (χ4n) is 1.23. The Balaban J connectivity index is 2.70. The van der Waals surface area contributed by atoms with Crippen LogP contribution >= 0.6 is 11.8 Å². The summed E-state index contributed by atoms with van der Waals surface area (Å²) >= 11 is 1.55. The van der Waals surface area contributed by atoms with Crippen LogP contribution in [0.3, 0.4) is 0 Å². The maximum atomic E-state index is 11.4. The maximum Gasteiger partial charge on any atom is 0.336 e. The van der Waals surface area contributed by atoms with Crippen molar-refractivity contribution in [2.45, 2.75) is 20.3 Å². The lowest BCUT2D eigenvalue weighted by Crippen LogP contribution is -2.20. The van der Waals surface area contributed by atoms with E-state index < -0.39 is 0 Å². The van der Waals surface area contributed by atoms with Crippen molar-refractivity contribution in [3.05, 3.63) is 10.6 Å². The monoisotopic (exact) mass is 201 g/mol. The lowest BCUT2D eigenvalue weighted by atomic mass is 10.0. The van der Waals surface area contributed by atoms with Crippen LogP contribution in [0.2, 0.25) is 0 Å². The Morgan fingerprint density at radius 2 is 2.46 bits per heavy atom. The number of thioether (sulfide) groups is 1. The lowest BCUT2D eigenvalue weighted by Gasteiger charge is -2.20. The molecule has 0 unspecified atom stereocenters. The van der Waals surface area contributed by atoms with Gasteiger partial charge >= 0.3 is 5.97 Å². The molecule has 0 saturated heterocycles. The highest BCUT2D eigenvalue weighted by atomic mass is 32.2. The predicted molar refractivity (Wildman–Crippen MR) is 54.1 cm³/mol. The van der Waals surface area contributed by atoms with Crippen molar-refractivity contribution in [2.75, 3.05) is 12.4 Å². The van der Waals surface area contributed by atoms with Gasteiger partial charge in [0.1, 0.15) is 0 Å². The highest BCUT2D eigenvalue weighted by Gasteiger charge is 2.22. The van der Waals surface area contributed by atoms with E-state index in [2.05, 4.69) is 6.92 Å². The zero-order chi connectivity index (χ0) is 9.84.